The molecule has 0 radical (unpaired) electrons. The molecule has 0 aromatic heterocycles. The molecule has 0 bridgehead atoms. The van der Waals surface area contributed by atoms with E-state index in [0.717, 1.165) is 38.0 Å². The number of hydrazine groups is 1. The van der Waals surface area contributed by atoms with Crippen LogP contribution in [0.3, 0.4) is 0 Å². The second-order valence-corrected chi connectivity index (χ2v) is 4.77. The number of hydrogen-bond acceptors (Lipinski definition) is 4. The fourth-order valence-electron chi connectivity index (χ4n) is 2.43. The number of nitrogens with zero attached hydrogens (tertiary/aromatic N) is 1. The molecule has 5 N–H and O–H groups in total. The van der Waals surface area contributed by atoms with Crippen molar-refractivity contribution in [3.05, 3.63) is 35.4 Å². The summed E-state index contributed by atoms with van der Waals surface area (Å²) in [7, 11) is 0. The number of carbonyl (C=O) groups is 1. The van der Waals surface area contributed by atoms with E-state index in [1.165, 1.54) is 0 Å². The van der Waals surface area contributed by atoms with Crippen LogP contribution in [0.1, 0.15) is 28.8 Å². The second kappa shape index (κ2) is 5.95. The third-order valence-electron chi connectivity index (χ3n) is 3.33. The normalized spacial score (nSPS) is 20.7. The molecule has 0 spiro atoms. The van der Waals surface area contributed by atoms with Gasteiger partial charge in [-0.1, -0.05) is 18.2 Å². The lowest BCUT2D eigenvalue weighted by molar-refractivity contribution is 0.0951. The molecule has 5 heteroatoms. The first-order valence-corrected chi connectivity index (χ1v) is 6.27. The highest BCUT2D eigenvalue weighted by Gasteiger charge is 2.18. The van der Waals surface area contributed by atoms with Crippen molar-refractivity contribution in [3.63, 3.8) is 0 Å². The predicted molar refractivity (Wildman–Crippen MR) is 70.6 cm³/mol. The Bertz CT molecular complexity index is 421. The summed E-state index contributed by atoms with van der Waals surface area (Å²) in [4.78, 5) is 13.9. The van der Waals surface area contributed by atoms with Crippen LogP contribution >= 0.6 is 0 Å². The van der Waals surface area contributed by atoms with E-state index in [9.17, 15) is 4.79 Å². The smallest absolute Gasteiger partial charge is 0.265 e. The number of nitrogens with two attached hydrogens (primary N) is 2. The molecule has 18 heavy (non-hydrogen) atoms. The van der Waals surface area contributed by atoms with Gasteiger partial charge < -0.3 is 5.73 Å². The van der Waals surface area contributed by atoms with Crippen molar-refractivity contribution in [1.82, 2.24) is 10.3 Å². The fraction of sp³-hybridized carbons (Fsp3) is 0.462. The van der Waals surface area contributed by atoms with Crippen molar-refractivity contribution < 1.29 is 4.79 Å². The van der Waals surface area contributed by atoms with Gasteiger partial charge in [-0.2, -0.15) is 0 Å². The zero-order valence-corrected chi connectivity index (χ0v) is 10.4. The molecule has 1 unspecified atom stereocenters. The first kappa shape index (κ1) is 13.0. The van der Waals surface area contributed by atoms with Crippen LogP contribution in [-0.2, 0) is 6.54 Å². The molecule has 5 nitrogen and oxygen atoms in total. The molecule has 0 saturated carbocycles. The molecule has 1 heterocycles. The highest BCUT2D eigenvalue weighted by Crippen LogP contribution is 2.15. The van der Waals surface area contributed by atoms with Crippen LogP contribution in [0.15, 0.2) is 24.3 Å². The van der Waals surface area contributed by atoms with Gasteiger partial charge in [0.25, 0.3) is 5.91 Å². The summed E-state index contributed by atoms with van der Waals surface area (Å²) in [6.45, 7) is 2.67. The number of nitrogens with one attached hydrogen (secondary N) is 1. The van der Waals surface area contributed by atoms with E-state index in [4.69, 9.17) is 11.6 Å². The lowest BCUT2D eigenvalue weighted by Gasteiger charge is -2.31. The van der Waals surface area contributed by atoms with Gasteiger partial charge in [0, 0.05) is 24.7 Å². The predicted octanol–water partition coefficient (Wildman–Crippen LogP) is 0.213. The van der Waals surface area contributed by atoms with Crippen LogP contribution in [0, 0.1) is 0 Å². The van der Waals surface area contributed by atoms with Crippen molar-refractivity contribution in [3.8, 4) is 0 Å². The van der Waals surface area contributed by atoms with Crippen LogP contribution in [0.4, 0.5) is 0 Å². The van der Waals surface area contributed by atoms with Crippen LogP contribution in [0.2, 0.25) is 0 Å². The molecule has 1 atom stereocenters. The maximum absolute atomic E-state index is 11.7. The van der Waals surface area contributed by atoms with Gasteiger partial charge in [0.2, 0.25) is 0 Å². The van der Waals surface area contributed by atoms with Gasteiger partial charge in [-0.05, 0) is 31.0 Å². The molecule has 0 aliphatic carbocycles. The van der Waals surface area contributed by atoms with E-state index in [2.05, 4.69) is 10.3 Å². The quantitative estimate of drug-likeness (QED) is 0.406. The maximum atomic E-state index is 11.7. The molecule has 1 fully saturated rings. The first-order chi connectivity index (χ1) is 8.70. The van der Waals surface area contributed by atoms with Crippen LogP contribution < -0.4 is 17.0 Å². The van der Waals surface area contributed by atoms with Crippen LogP contribution in [0.25, 0.3) is 0 Å². The average Bonchev–Trinajstić information content (AvgIpc) is 2.38. The number of carbonyl (C=O) groups excluding carboxylic acids is 1. The summed E-state index contributed by atoms with van der Waals surface area (Å²) in [5.74, 6) is 4.95. The molecular weight excluding hydrogens is 228 g/mol. The van der Waals surface area contributed by atoms with E-state index in [0.29, 0.717) is 5.56 Å². The SMILES string of the molecule is NNC(=O)c1ccccc1CN1CCCC(N)C1. The minimum Gasteiger partial charge on any atom is -0.327 e. The summed E-state index contributed by atoms with van der Waals surface area (Å²) >= 11 is 0. The number of likely N-dealkylation sites (tertiary alicyclic amines) is 1. The molecule has 1 aliphatic heterocycles. The Balaban J connectivity index is 2.10. The lowest BCUT2D eigenvalue weighted by atomic mass is 10.0. The maximum Gasteiger partial charge on any atom is 0.265 e. The van der Waals surface area contributed by atoms with Crippen LogP contribution in [0.5, 0.6) is 0 Å². The van der Waals surface area contributed by atoms with Gasteiger partial charge in [0.15, 0.2) is 0 Å². The standard InChI is InChI=1S/C13H20N4O/c14-11-5-3-7-17(9-11)8-10-4-1-2-6-12(10)13(18)16-15/h1-2,4,6,11H,3,5,7-9,14-15H2,(H,16,18). The Morgan fingerprint density at radius 1 is 1.44 bits per heavy atom. The summed E-state index contributed by atoms with van der Waals surface area (Å²) in [5.41, 5.74) is 9.78. The van der Waals surface area contributed by atoms with Gasteiger partial charge in [0.1, 0.15) is 0 Å². The number of amides is 1. The summed E-state index contributed by atoms with van der Waals surface area (Å²) < 4.78 is 0. The minimum absolute atomic E-state index is 0.244. The number of nitrogen functional groups attached to an aromatic ring is 1. The fourth-order valence-corrected chi connectivity index (χ4v) is 2.43. The topological polar surface area (TPSA) is 84.4 Å². The van der Waals surface area contributed by atoms with E-state index in [1.54, 1.807) is 6.07 Å². The summed E-state index contributed by atoms with van der Waals surface area (Å²) in [5, 5.41) is 0. The van der Waals surface area contributed by atoms with Gasteiger partial charge in [0.05, 0.1) is 0 Å². The molecule has 2 rings (SSSR count). The van der Waals surface area contributed by atoms with Gasteiger partial charge in [-0.25, -0.2) is 5.84 Å². The summed E-state index contributed by atoms with van der Waals surface area (Å²) in [6.07, 6.45) is 2.20. The second-order valence-electron chi connectivity index (χ2n) is 4.77. The van der Waals surface area contributed by atoms with Crippen molar-refractivity contribution >= 4 is 5.91 Å². The number of rotatable bonds is 3. The van der Waals surface area contributed by atoms with E-state index >= 15 is 0 Å². The Hall–Kier alpha value is -1.43. The Morgan fingerprint density at radius 3 is 2.94 bits per heavy atom. The third kappa shape index (κ3) is 3.07. The average molecular weight is 248 g/mol. The largest absolute Gasteiger partial charge is 0.327 e. The Labute approximate surface area is 107 Å². The molecular formula is C13H20N4O. The van der Waals surface area contributed by atoms with Crippen molar-refractivity contribution in [1.29, 1.82) is 0 Å². The molecule has 1 saturated heterocycles. The zero-order valence-electron chi connectivity index (χ0n) is 10.4. The lowest BCUT2D eigenvalue weighted by Crippen LogP contribution is -2.42. The Morgan fingerprint density at radius 2 is 2.22 bits per heavy atom. The van der Waals surface area contributed by atoms with Gasteiger partial charge >= 0.3 is 0 Å². The van der Waals surface area contributed by atoms with Gasteiger partial charge in [-0.3, -0.25) is 15.1 Å². The van der Waals surface area contributed by atoms with Crippen molar-refractivity contribution in [2.75, 3.05) is 13.1 Å². The summed E-state index contributed by atoms with van der Waals surface area (Å²) in [6, 6.07) is 7.78. The highest BCUT2D eigenvalue weighted by molar-refractivity contribution is 5.95. The molecule has 1 aromatic rings. The van der Waals surface area contributed by atoms with Crippen molar-refractivity contribution in [2.24, 2.45) is 11.6 Å². The first-order valence-electron chi connectivity index (χ1n) is 6.27. The van der Waals surface area contributed by atoms with Crippen LogP contribution in [-0.4, -0.2) is 29.9 Å². The van der Waals surface area contributed by atoms with Gasteiger partial charge in [-0.15, -0.1) is 0 Å². The number of hydrogen-bond donors (Lipinski definition) is 3. The Kier molecular flexibility index (Phi) is 4.30. The molecule has 1 aliphatic rings. The molecule has 98 valence electrons. The number of benzene rings is 1. The van der Waals surface area contributed by atoms with E-state index in [-0.39, 0.29) is 11.9 Å². The van der Waals surface area contributed by atoms with E-state index < -0.39 is 0 Å². The molecule has 1 amide bonds. The molecule has 1 aromatic carbocycles. The zero-order chi connectivity index (χ0) is 13.0. The highest BCUT2D eigenvalue weighted by atomic mass is 16.2. The van der Waals surface area contributed by atoms with Crippen molar-refractivity contribution in [2.45, 2.75) is 25.4 Å². The monoisotopic (exact) mass is 248 g/mol. The third-order valence-corrected chi connectivity index (χ3v) is 3.33. The number of piperidine rings is 1. The minimum atomic E-state index is -0.244. The van der Waals surface area contributed by atoms with E-state index in [1.807, 2.05) is 18.2 Å².